The molecule has 0 aliphatic heterocycles. The fourth-order valence-electron chi connectivity index (χ4n) is 3.20. The van der Waals surface area contributed by atoms with Gasteiger partial charge in [0.05, 0.1) is 16.7 Å². The van der Waals surface area contributed by atoms with E-state index in [0.717, 1.165) is 18.2 Å². The molecule has 6 heteroatoms. The van der Waals surface area contributed by atoms with Gasteiger partial charge in [0.15, 0.2) is 10.9 Å². The van der Waals surface area contributed by atoms with Crippen molar-refractivity contribution in [2.75, 3.05) is 5.75 Å². The van der Waals surface area contributed by atoms with Crippen molar-refractivity contribution in [3.63, 3.8) is 0 Å². The Hall–Kier alpha value is -2.86. The zero-order valence-corrected chi connectivity index (χ0v) is 15.2. The van der Waals surface area contributed by atoms with Gasteiger partial charge in [-0.2, -0.15) is 0 Å². The van der Waals surface area contributed by atoms with Crippen LogP contribution in [0.3, 0.4) is 0 Å². The lowest BCUT2D eigenvalue weighted by Crippen LogP contribution is -2.22. The van der Waals surface area contributed by atoms with Crippen LogP contribution in [0.5, 0.6) is 0 Å². The molecule has 1 saturated carbocycles. The Kier molecular flexibility index (Phi) is 3.86. The molecule has 27 heavy (non-hydrogen) atoms. The highest BCUT2D eigenvalue weighted by Crippen LogP contribution is 2.37. The minimum atomic E-state index is -0.110. The number of fused-ring (bicyclic) bond motifs is 2. The fourth-order valence-corrected chi connectivity index (χ4v) is 4.14. The van der Waals surface area contributed by atoms with Gasteiger partial charge in [0, 0.05) is 11.4 Å². The van der Waals surface area contributed by atoms with Crippen molar-refractivity contribution in [1.29, 1.82) is 0 Å². The molecule has 4 aromatic rings. The van der Waals surface area contributed by atoms with Gasteiger partial charge >= 0.3 is 0 Å². The van der Waals surface area contributed by atoms with Gasteiger partial charge in [-0.25, -0.2) is 4.98 Å². The van der Waals surface area contributed by atoms with Crippen LogP contribution in [-0.2, 0) is 0 Å². The monoisotopic (exact) mass is 376 g/mol. The highest BCUT2D eigenvalue weighted by atomic mass is 32.2. The van der Waals surface area contributed by atoms with Crippen molar-refractivity contribution in [1.82, 2.24) is 9.55 Å². The quantitative estimate of drug-likeness (QED) is 0.292. The number of nitrogens with zero attached hydrogens (tertiary/aromatic N) is 2. The molecule has 1 fully saturated rings. The smallest absolute Gasteiger partial charge is 0.262 e. The summed E-state index contributed by atoms with van der Waals surface area (Å²) in [5, 5.41) is 2.13. The van der Waals surface area contributed by atoms with E-state index in [2.05, 4.69) is 4.98 Å². The van der Waals surface area contributed by atoms with Crippen LogP contribution in [0, 0.1) is 0 Å². The summed E-state index contributed by atoms with van der Waals surface area (Å²) in [4.78, 5) is 30.1. The molecule has 0 spiro atoms. The molecule has 2 aromatic carbocycles. The number of ketones is 1. The maximum Gasteiger partial charge on any atom is 0.262 e. The molecular weight excluding hydrogens is 360 g/mol. The van der Waals surface area contributed by atoms with Crippen LogP contribution in [0.4, 0.5) is 0 Å². The van der Waals surface area contributed by atoms with Gasteiger partial charge in [0.1, 0.15) is 5.58 Å². The Balaban J connectivity index is 1.46. The van der Waals surface area contributed by atoms with Gasteiger partial charge in [0.25, 0.3) is 5.56 Å². The molecule has 5 rings (SSSR count). The van der Waals surface area contributed by atoms with Gasteiger partial charge in [-0.05, 0) is 37.1 Å². The standard InChI is InChI=1S/C21H16N2O3S/c24-17(19-11-13-5-1-4-8-18(13)26-19)12-27-21-22-16-7-3-2-6-15(16)20(25)23(21)14-9-10-14/h1-8,11,14H,9-10,12H2. The Morgan fingerprint density at radius 2 is 1.93 bits per heavy atom. The number of Topliss-reactive ketones (excluding diaryl/α,β-unsaturated/α-hetero) is 1. The largest absolute Gasteiger partial charge is 0.453 e. The zero-order chi connectivity index (χ0) is 18.4. The minimum absolute atomic E-state index is 0.0261. The summed E-state index contributed by atoms with van der Waals surface area (Å²) in [5.74, 6) is 0.405. The summed E-state index contributed by atoms with van der Waals surface area (Å²) < 4.78 is 7.40. The number of hydrogen-bond acceptors (Lipinski definition) is 5. The number of carbonyl (C=O) groups is 1. The summed E-state index contributed by atoms with van der Waals surface area (Å²) in [5.41, 5.74) is 1.34. The number of aromatic nitrogens is 2. The van der Waals surface area contributed by atoms with Gasteiger partial charge in [-0.15, -0.1) is 0 Å². The van der Waals surface area contributed by atoms with E-state index in [1.54, 1.807) is 16.7 Å². The maximum atomic E-state index is 12.9. The van der Waals surface area contributed by atoms with Crippen LogP contribution in [0.25, 0.3) is 21.9 Å². The van der Waals surface area contributed by atoms with Crippen molar-refractivity contribution in [3.05, 3.63) is 70.7 Å². The van der Waals surface area contributed by atoms with Gasteiger partial charge in [-0.3, -0.25) is 14.2 Å². The van der Waals surface area contributed by atoms with Crippen molar-refractivity contribution >= 4 is 39.4 Å². The first-order valence-electron chi connectivity index (χ1n) is 8.86. The summed E-state index contributed by atoms with van der Waals surface area (Å²) >= 11 is 1.30. The number of carbonyl (C=O) groups excluding carboxylic acids is 1. The van der Waals surface area contributed by atoms with Crippen LogP contribution in [-0.4, -0.2) is 21.1 Å². The lowest BCUT2D eigenvalue weighted by molar-refractivity contribution is 0.0994. The molecule has 134 valence electrons. The van der Waals surface area contributed by atoms with E-state index >= 15 is 0 Å². The molecule has 0 radical (unpaired) electrons. The lowest BCUT2D eigenvalue weighted by atomic mass is 10.2. The Bertz CT molecular complexity index is 1200. The van der Waals surface area contributed by atoms with Crippen molar-refractivity contribution in [2.45, 2.75) is 24.0 Å². The third-order valence-corrected chi connectivity index (χ3v) is 5.67. The number of thioether (sulfide) groups is 1. The molecule has 0 amide bonds. The molecule has 2 heterocycles. The second kappa shape index (κ2) is 6.39. The van der Waals surface area contributed by atoms with Crippen molar-refractivity contribution in [2.24, 2.45) is 0 Å². The van der Waals surface area contributed by atoms with Crippen LogP contribution in [0.15, 0.2) is 69.0 Å². The van der Waals surface area contributed by atoms with E-state index in [1.807, 2.05) is 42.5 Å². The number of rotatable bonds is 5. The Labute approximate surface area is 159 Å². The summed E-state index contributed by atoms with van der Waals surface area (Å²) in [6.07, 6.45) is 1.95. The fraction of sp³-hybridized carbons (Fsp3) is 0.190. The third-order valence-electron chi connectivity index (χ3n) is 4.72. The average Bonchev–Trinajstić information content (AvgIpc) is 3.43. The zero-order valence-electron chi connectivity index (χ0n) is 14.4. The van der Waals surface area contributed by atoms with Gasteiger partial charge in [0.2, 0.25) is 5.78 Å². The van der Waals surface area contributed by atoms with Crippen molar-refractivity contribution in [3.8, 4) is 0 Å². The van der Waals surface area contributed by atoms with E-state index in [-0.39, 0.29) is 23.1 Å². The molecule has 0 saturated heterocycles. The van der Waals surface area contributed by atoms with E-state index in [1.165, 1.54) is 11.8 Å². The topological polar surface area (TPSA) is 65.1 Å². The second-order valence-electron chi connectivity index (χ2n) is 6.68. The van der Waals surface area contributed by atoms with Crippen molar-refractivity contribution < 1.29 is 9.21 Å². The van der Waals surface area contributed by atoms with E-state index in [0.29, 0.717) is 27.4 Å². The Morgan fingerprint density at radius 3 is 2.74 bits per heavy atom. The predicted octanol–water partition coefficient (Wildman–Crippen LogP) is 4.45. The van der Waals surface area contributed by atoms with Gasteiger partial charge in [-0.1, -0.05) is 42.1 Å². The predicted molar refractivity (Wildman–Crippen MR) is 106 cm³/mol. The normalized spacial score (nSPS) is 14.1. The second-order valence-corrected chi connectivity index (χ2v) is 7.62. The molecule has 0 N–H and O–H groups in total. The highest BCUT2D eigenvalue weighted by Gasteiger charge is 2.29. The van der Waals surface area contributed by atoms with Crippen LogP contribution < -0.4 is 5.56 Å². The molecule has 2 aromatic heterocycles. The summed E-state index contributed by atoms with van der Waals surface area (Å²) in [7, 11) is 0. The van der Waals surface area contributed by atoms with Crippen LogP contribution in [0.2, 0.25) is 0 Å². The van der Waals surface area contributed by atoms with E-state index in [9.17, 15) is 9.59 Å². The Morgan fingerprint density at radius 1 is 1.15 bits per heavy atom. The number of furan rings is 1. The van der Waals surface area contributed by atoms with Gasteiger partial charge < -0.3 is 4.42 Å². The maximum absolute atomic E-state index is 12.9. The molecule has 1 aliphatic carbocycles. The first kappa shape index (κ1) is 16.3. The lowest BCUT2D eigenvalue weighted by Gasteiger charge is -2.11. The van der Waals surface area contributed by atoms with Crippen LogP contribution in [0.1, 0.15) is 29.4 Å². The van der Waals surface area contributed by atoms with E-state index in [4.69, 9.17) is 4.42 Å². The number of para-hydroxylation sites is 2. The van der Waals surface area contributed by atoms with Crippen LogP contribution >= 0.6 is 11.8 Å². The SMILES string of the molecule is O=C(CSc1nc2ccccc2c(=O)n1C1CC1)c1cc2ccccc2o1. The third kappa shape index (κ3) is 2.96. The molecule has 0 atom stereocenters. The molecule has 5 nitrogen and oxygen atoms in total. The summed E-state index contributed by atoms with van der Waals surface area (Å²) in [6.45, 7) is 0. The molecule has 1 aliphatic rings. The number of benzene rings is 2. The minimum Gasteiger partial charge on any atom is -0.453 e. The first-order chi connectivity index (χ1) is 13.2. The average molecular weight is 376 g/mol. The first-order valence-corrected chi connectivity index (χ1v) is 9.85. The van der Waals surface area contributed by atoms with E-state index < -0.39 is 0 Å². The molecule has 0 unspecified atom stereocenters. The highest BCUT2D eigenvalue weighted by molar-refractivity contribution is 7.99. The molecule has 0 bridgehead atoms. The summed E-state index contributed by atoms with van der Waals surface area (Å²) in [6, 6.07) is 16.9. The molecular formula is C21H16N2O3S. The number of hydrogen-bond donors (Lipinski definition) is 0.